The predicted molar refractivity (Wildman–Crippen MR) is 120 cm³/mol. The van der Waals surface area contributed by atoms with Crippen LogP contribution in [0.1, 0.15) is 23.1 Å². The van der Waals surface area contributed by atoms with Gasteiger partial charge in [-0.2, -0.15) is 0 Å². The Morgan fingerprint density at radius 3 is 2.12 bits per heavy atom. The molecule has 0 aromatic heterocycles. The van der Waals surface area contributed by atoms with Crippen molar-refractivity contribution >= 4 is 10.8 Å². The van der Waals surface area contributed by atoms with Gasteiger partial charge in [-0.1, -0.05) is 36.1 Å². The fourth-order valence-corrected chi connectivity index (χ4v) is 3.58. The average Bonchev–Trinajstić information content (AvgIpc) is 2.80. The molecule has 0 saturated carbocycles. The number of allylic oxidation sites excluding steroid dienone is 1. The van der Waals surface area contributed by atoms with Crippen LogP contribution in [0.15, 0.2) is 67.3 Å². The minimum Gasteiger partial charge on any atom is -0.206 e. The van der Waals surface area contributed by atoms with Gasteiger partial charge in [0.2, 0.25) is 0 Å². The second-order valence-corrected chi connectivity index (χ2v) is 7.63. The number of halogens is 6. The Hall–Kier alpha value is -3.98. The van der Waals surface area contributed by atoms with E-state index in [2.05, 4.69) is 18.4 Å². The number of hydrogen-bond donors (Lipinski definition) is 0. The van der Waals surface area contributed by atoms with Crippen LogP contribution in [0.25, 0.3) is 21.9 Å². The van der Waals surface area contributed by atoms with Gasteiger partial charge >= 0.3 is 0 Å². The van der Waals surface area contributed by atoms with E-state index in [1.807, 2.05) is 0 Å². The lowest BCUT2D eigenvalue weighted by Crippen LogP contribution is -1.95. The van der Waals surface area contributed by atoms with Crippen molar-refractivity contribution in [2.24, 2.45) is 0 Å². The van der Waals surface area contributed by atoms with Crippen LogP contribution >= 0.6 is 0 Å². The van der Waals surface area contributed by atoms with Gasteiger partial charge in [0.1, 0.15) is 17.5 Å². The Bertz CT molecular complexity index is 1470. The summed E-state index contributed by atoms with van der Waals surface area (Å²) in [5, 5.41) is -0.102. The van der Waals surface area contributed by atoms with E-state index < -0.39 is 40.5 Å². The molecule has 170 valence electrons. The Morgan fingerprint density at radius 1 is 0.706 bits per heavy atom. The van der Waals surface area contributed by atoms with Crippen molar-refractivity contribution in [3.8, 4) is 23.0 Å². The highest BCUT2D eigenvalue weighted by Gasteiger charge is 2.15. The Kier molecular flexibility index (Phi) is 6.47. The summed E-state index contributed by atoms with van der Waals surface area (Å²) >= 11 is 0. The number of aryl methyl sites for hydroxylation is 1. The number of rotatable bonds is 4. The van der Waals surface area contributed by atoms with Gasteiger partial charge in [0.15, 0.2) is 17.5 Å². The van der Waals surface area contributed by atoms with Crippen LogP contribution in [0.3, 0.4) is 0 Å². The van der Waals surface area contributed by atoms with Gasteiger partial charge in [0.25, 0.3) is 0 Å². The Labute approximate surface area is 192 Å². The molecule has 0 aliphatic rings. The van der Waals surface area contributed by atoms with Crippen molar-refractivity contribution < 1.29 is 26.3 Å². The van der Waals surface area contributed by atoms with Crippen LogP contribution in [0.2, 0.25) is 0 Å². The molecule has 0 fully saturated rings. The summed E-state index contributed by atoms with van der Waals surface area (Å²) in [6.07, 6.45) is 2.99. The summed E-state index contributed by atoms with van der Waals surface area (Å²) in [7, 11) is 0. The molecule has 0 aliphatic heterocycles. The lowest BCUT2D eigenvalue weighted by molar-refractivity contribution is 0.453. The first-order chi connectivity index (χ1) is 16.3. The zero-order valence-corrected chi connectivity index (χ0v) is 17.7. The maximum absolute atomic E-state index is 14.7. The van der Waals surface area contributed by atoms with Crippen LogP contribution in [-0.2, 0) is 6.42 Å². The Morgan fingerprint density at radius 2 is 1.44 bits per heavy atom. The number of benzene rings is 4. The summed E-state index contributed by atoms with van der Waals surface area (Å²) in [5.41, 5.74) is 0.477. The van der Waals surface area contributed by atoms with E-state index in [4.69, 9.17) is 0 Å². The SMILES string of the molecule is C=CCCc1ccc(-c2cc(F)c(C#Cc3ccc4c(F)c(F)c(F)cc4c3)c(F)c2)c(F)c1. The second-order valence-electron chi connectivity index (χ2n) is 7.63. The Balaban J connectivity index is 1.67. The van der Waals surface area contributed by atoms with Crippen molar-refractivity contribution in [1.82, 2.24) is 0 Å². The van der Waals surface area contributed by atoms with Gasteiger partial charge < -0.3 is 0 Å². The molecule has 4 aromatic rings. The lowest BCUT2D eigenvalue weighted by atomic mass is 9.99. The maximum Gasteiger partial charge on any atom is 0.195 e. The summed E-state index contributed by atoms with van der Waals surface area (Å²) < 4.78 is 84.6. The van der Waals surface area contributed by atoms with Gasteiger partial charge in [-0.05, 0) is 65.8 Å². The highest BCUT2D eigenvalue weighted by Crippen LogP contribution is 2.28. The molecule has 0 saturated heterocycles. The van der Waals surface area contributed by atoms with E-state index in [1.54, 1.807) is 12.1 Å². The molecule has 6 heteroatoms. The van der Waals surface area contributed by atoms with Crippen LogP contribution in [0.4, 0.5) is 26.3 Å². The highest BCUT2D eigenvalue weighted by molar-refractivity contribution is 5.84. The molecule has 0 atom stereocenters. The molecular formula is C28H16F6. The van der Waals surface area contributed by atoms with Crippen LogP contribution < -0.4 is 0 Å². The lowest BCUT2D eigenvalue weighted by Gasteiger charge is -2.08. The second kappa shape index (κ2) is 9.48. The van der Waals surface area contributed by atoms with Gasteiger partial charge in [-0.25, -0.2) is 26.3 Å². The summed E-state index contributed by atoms with van der Waals surface area (Å²) in [4.78, 5) is 0. The first-order valence-corrected chi connectivity index (χ1v) is 10.3. The molecule has 4 aromatic carbocycles. The largest absolute Gasteiger partial charge is 0.206 e. The fourth-order valence-electron chi connectivity index (χ4n) is 3.58. The van der Waals surface area contributed by atoms with E-state index in [0.717, 1.165) is 23.8 Å². The minimum absolute atomic E-state index is 0.0204. The molecule has 0 spiro atoms. The molecular weight excluding hydrogens is 450 g/mol. The zero-order chi connectivity index (χ0) is 24.4. The molecule has 0 N–H and O–H groups in total. The maximum atomic E-state index is 14.7. The van der Waals surface area contributed by atoms with Crippen molar-refractivity contribution in [2.45, 2.75) is 12.8 Å². The van der Waals surface area contributed by atoms with Crippen molar-refractivity contribution in [3.05, 3.63) is 119 Å². The van der Waals surface area contributed by atoms with Crippen LogP contribution in [0.5, 0.6) is 0 Å². The van der Waals surface area contributed by atoms with E-state index in [1.165, 1.54) is 30.3 Å². The average molecular weight is 466 g/mol. The molecule has 0 unspecified atom stereocenters. The van der Waals surface area contributed by atoms with Gasteiger partial charge in [-0.3, -0.25) is 0 Å². The normalized spacial score (nSPS) is 10.8. The number of fused-ring (bicyclic) bond motifs is 1. The smallest absolute Gasteiger partial charge is 0.195 e. The fraction of sp³-hybridized carbons (Fsp3) is 0.0714. The third-order valence-electron chi connectivity index (χ3n) is 5.33. The van der Waals surface area contributed by atoms with Gasteiger partial charge in [0, 0.05) is 16.5 Å². The molecule has 0 radical (unpaired) electrons. The molecule has 0 bridgehead atoms. The van der Waals surface area contributed by atoms with Gasteiger partial charge in [0.05, 0.1) is 5.56 Å². The van der Waals surface area contributed by atoms with E-state index in [-0.39, 0.29) is 27.5 Å². The van der Waals surface area contributed by atoms with Crippen LogP contribution in [0, 0.1) is 46.7 Å². The van der Waals surface area contributed by atoms with E-state index >= 15 is 0 Å². The quantitative estimate of drug-likeness (QED) is 0.124. The minimum atomic E-state index is -1.58. The molecule has 0 aliphatic carbocycles. The zero-order valence-electron chi connectivity index (χ0n) is 17.7. The first-order valence-electron chi connectivity index (χ1n) is 10.3. The van der Waals surface area contributed by atoms with Gasteiger partial charge in [-0.15, -0.1) is 6.58 Å². The van der Waals surface area contributed by atoms with E-state index in [0.29, 0.717) is 12.8 Å². The van der Waals surface area contributed by atoms with Crippen molar-refractivity contribution in [3.63, 3.8) is 0 Å². The third-order valence-corrected chi connectivity index (χ3v) is 5.33. The monoisotopic (exact) mass is 466 g/mol. The summed E-state index contributed by atoms with van der Waals surface area (Å²) in [6, 6.07) is 11.1. The molecule has 0 amide bonds. The van der Waals surface area contributed by atoms with E-state index in [9.17, 15) is 26.3 Å². The highest BCUT2D eigenvalue weighted by atomic mass is 19.2. The molecule has 4 rings (SSSR count). The summed E-state index contributed by atoms with van der Waals surface area (Å²) in [5.74, 6) is -1.96. The number of hydrogen-bond acceptors (Lipinski definition) is 0. The van der Waals surface area contributed by atoms with Crippen molar-refractivity contribution in [1.29, 1.82) is 0 Å². The van der Waals surface area contributed by atoms with Crippen molar-refractivity contribution in [2.75, 3.05) is 0 Å². The third kappa shape index (κ3) is 4.55. The molecule has 0 heterocycles. The summed E-state index contributed by atoms with van der Waals surface area (Å²) in [6.45, 7) is 3.62. The molecule has 0 nitrogen and oxygen atoms in total. The van der Waals surface area contributed by atoms with Crippen LogP contribution in [-0.4, -0.2) is 0 Å². The molecule has 34 heavy (non-hydrogen) atoms. The first kappa shape index (κ1) is 23.2. The topological polar surface area (TPSA) is 0 Å². The predicted octanol–water partition coefficient (Wildman–Crippen LogP) is 7.86. The standard InChI is InChI=1S/C28H16F6/c1-2-3-4-16-5-8-20(23(29)12-16)19-13-24(30)22(25(31)14-19)10-7-17-6-9-21-18(11-17)15-26(32)28(34)27(21)33/h2,5-6,8-9,11-15H,1,3-4H2.